The molecule has 0 saturated carbocycles. The number of piperidine rings is 1. The molecule has 0 spiro atoms. The van der Waals surface area contributed by atoms with Crippen molar-refractivity contribution < 1.29 is 26.0 Å². The standard InChI is InChI=1S/C19H21FN2O5S2/c1-28(24,25)17-10-6-16(7-11-17)21-19(23)14-3-2-12-22(13-14)29(26,27)18-8-4-15(20)5-9-18/h4-11,14H,2-3,12-13H2,1H3,(H,21,23). The largest absolute Gasteiger partial charge is 0.326 e. The predicted octanol–water partition coefficient (Wildman–Crippen LogP) is 2.27. The molecule has 1 aliphatic heterocycles. The molecule has 1 amide bonds. The van der Waals surface area contributed by atoms with Gasteiger partial charge in [0.2, 0.25) is 15.9 Å². The predicted molar refractivity (Wildman–Crippen MR) is 106 cm³/mol. The highest BCUT2D eigenvalue weighted by Crippen LogP contribution is 2.25. The van der Waals surface area contributed by atoms with E-state index in [2.05, 4.69) is 5.32 Å². The van der Waals surface area contributed by atoms with E-state index in [0.29, 0.717) is 18.5 Å². The number of sulfone groups is 1. The van der Waals surface area contributed by atoms with Crippen LogP contribution in [0, 0.1) is 11.7 Å². The summed E-state index contributed by atoms with van der Waals surface area (Å²) in [6, 6.07) is 10.4. The van der Waals surface area contributed by atoms with E-state index >= 15 is 0 Å². The van der Waals surface area contributed by atoms with Crippen LogP contribution in [0.3, 0.4) is 0 Å². The molecule has 0 radical (unpaired) electrons. The van der Waals surface area contributed by atoms with Gasteiger partial charge in [-0.25, -0.2) is 21.2 Å². The van der Waals surface area contributed by atoms with Crippen LogP contribution in [0.4, 0.5) is 10.1 Å². The number of anilines is 1. The second-order valence-corrected chi connectivity index (χ2v) is 10.9. The number of benzene rings is 2. The van der Waals surface area contributed by atoms with Gasteiger partial charge in [0.25, 0.3) is 0 Å². The number of rotatable bonds is 5. The van der Waals surface area contributed by atoms with E-state index in [1.807, 2.05) is 0 Å². The van der Waals surface area contributed by atoms with Gasteiger partial charge in [-0.1, -0.05) is 0 Å². The maximum Gasteiger partial charge on any atom is 0.243 e. The number of halogens is 1. The zero-order valence-electron chi connectivity index (χ0n) is 15.7. The molecule has 1 unspecified atom stereocenters. The molecule has 156 valence electrons. The SMILES string of the molecule is CS(=O)(=O)c1ccc(NC(=O)C2CCCN(S(=O)(=O)c3ccc(F)cc3)C2)cc1. The Morgan fingerprint density at radius 2 is 1.59 bits per heavy atom. The van der Waals surface area contributed by atoms with Crippen molar-refractivity contribution in [3.8, 4) is 0 Å². The molecular formula is C19H21FN2O5S2. The summed E-state index contributed by atoms with van der Waals surface area (Å²) in [4.78, 5) is 12.7. The van der Waals surface area contributed by atoms with Gasteiger partial charge < -0.3 is 5.32 Å². The topological polar surface area (TPSA) is 101 Å². The molecule has 29 heavy (non-hydrogen) atoms. The first-order valence-electron chi connectivity index (χ1n) is 8.94. The molecule has 0 aromatic heterocycles. The molecule has 1 fully saturated rings. The van der Waals surface area contributed by atoms with Crippen molar-refractivity contribution in [1.29, 1.82) is 0 Å². The van der Waals surface area contributed by atoms with Gasteiger partial charge in [-0.05, 0) is 61.4 Å². The summed E-state index contributed by atoms with van der Waals surface area (Å²) < 4.78 is 62.9. The van der Waals surface area contributed by atoms with Gasteiger partial charge in [0.15, 0.2) is 9.84 Å². The molecule has 10 heteroatoms. The Labute approximate surface area is 169 Å². The first-order valence-corrected chi connectivity index (χ1v) is 12.3. The van der Waals surface area contributed by atoms with Crippen LogP contribution in [-0.4, -0.2) is 46.4 Å². The Morgan fingerprint density at radius 3 is 2.17 bits per heavy atom. The van der Waals surface area contributed by atoms with E-state index in [0.717, 1.165) is 18.4 Å². The minimum atomic E-state index is -3.82. The van der Waals surface area contributed by atoms with Gasteiger partial charge in [-0.15, -0.1) is 0 Å². The van der Waals surface area contributed by atoms with E-state index in [-0.39, 0.29) is 28.8 Å². The third-order valence-electron chi connectivity index (χ3n) is 4.76. The highest BCUT2D eigenvalue weighted by molar-refractivity contribution is 7.90. The molecule has 3 rings (SSSR count). The van der Waals surface area contributed by atoms with E-state index in [9.17, 15) is 26.0 Å². The maximum atomic E-state index is 13.1. The summed E-state index contributed by atoms with van der Waals surface area (Å²) >= 11 is 0. The third-order valence-corrected chi connectivity index (χ3v) is 7.76. The lowest BCUT2D eigenvalue weighted by Crippen LogP contribution is -2.43. The highest BCUT2D eigenvalue weighted by Gasteiger charge is 2.33. The van der Waals surface area contributed by atoms with Crippen LogP contribution in [0.2, 0.25) is 0 Å². The van der Waals surface area contributed by atoms with Crippen molar-refractivity contribution in [2.45, 2.75) is 22.6 Å². The first kappa shape index (κ1) is 21.4. The average molecular weight is 441 g/mol. The van der Waals surface area contributed by atoms with Crippen molar-refractivity contribution in [2.24, 2.45) is 5.92 Å². The molecular weight excluding hydrogens is 419 g/mol. The summed E-state index contributed by atoms with van der Waals surface area (Å²) in [6.45, 7) is 0.305. The van der Waals surface area contributed by atoms with Crippen molar-refractivity contribution in [1.82, 2.24) is 4.31 Å². The van der Waals surface area contributed by atoms with Crippen LogP contribution >= 0.6 is 0 Å². The normalized spacial score (nSPS) is 18.3. The first-order chi connectivity index (χ1) is 13.6. The van der Waals surface area contributed by atoms with Gasteiger partial charge in [0, 0.05) is 25.0 Å². The fourth-order valence-electron chi connectivity index (χ4n) is 3.16. The number of sulfonamides is 1. The fourth-order valence-corrected chi connectivity index (χ4v) is 5.31. The van der Waals surface area contributed by atoms with E-state index in [1.165, 1.54) is 40.7 Å². The summed E-state index contributed by atoms with van der Waals surface area (Å²) in [5.41, 5.74) is 0.431. The van der Waals surface area contributed by atoms with Crippen molar-refractivity contribution in [2.75, 3.05) is 24.7 Å². The Morgan fingerprint density at radius 1 is 1.00 bits per heavy atom. The number of amides is 1. The summed E-state index contributed by atoms with van der Waals surface area (Å²) in [6.07, 6.45) is 2.15. The molecule has 7 nitrogen and oxygen atoms in total. The molecule has 1 aliphatic rings. The van der Waals surface area contributed by atoms with Gasteiger partial charge in [0.05, 0.1) is 15.7 Å². The number of carbonyl (C=O) groups excluding carboxylic acids is 1. The number of carbonyl (C=O) groups is 1. The van der Waals surface area contributed by atoms with E-state index in [4.69, 9.17) is 0 Å². The van der Waals surface area contributed by atoms with Gasteiger partial charge >= 0.3 is 0 Å². The molecule has 2 aromatic rings. The molecule has 1 heterocycles. The van der Waals surface area contributed by atoms with Crippen LogP contribution in [0.5, 0.6) is 0 Å². The van der Waals surface area contributed by atoms with Gasteiger partial charge in [0.1, 0.15) is 5.82 Å². The Kier molecular flexibility index (Phi) is 6.06. The molecule has 0 bridgehead atoms. The minimum Gasteiger partial charge on any atom is -0.326 e. The number of nitrogens with one attached hydrogen (secondary N) is 1. The zero-order valence-corrected chi connectivity index (χ0v) is 17.3. The molecule has 1 saturated heterocycles. The van der Waals surface area contributed by atoms with Crippen LogP contribution in [0.15, 0.2) is 58.3 Å². The Hall–Kier alpha value is -2.30. The number of hydrogen-bond acceptors (Lipinski definition) is 5. The van der Waals surface area contributed by atoms with Crippen LogP contribution in [0.25, 0.3) is 0 Å². The van der Waals surface area contributed by atoms with E-state index in [1.54, 1.807) is 0 Å². The summed E-state index contributed by atoms with van der Waals surface area (Å²) in [7, 11) is -7.15. The fraction of sp³-hybridized carbons (Fsp3) is 0.316. The Balaban J connectivity index is 1.70. The average Bonchev–Trinajstić information content (AvgIpc) is 2.68. The minimum absolute atomic E-state index is 0.0173. The van der Waals surface area contributed by atoms with Crippen molar-refractivity contribution in [3.63, 3.8) is 0 Å². The number of hydrogen-bond donors (Lipinski definition) is 1. The number of nitrogens with zero attached hydrogens (tertiary/aromatic N) is 1. The van der Waals surface area contributed by atoms with E-state index < -0.39 is 31.6 Å². The second-order valence-electron chi connectivity index (χ2n) is 6.94. The van der Waals surface area contributed by atoms with Crippen LogP contribution in [0.1, 0.15) is 12.8 Å². The second kappa shape index (κ2) is 8.21. The van der Waals surface area contributed by atoms with Crippen LogP contribution < -0.4 is 5.32 Å². The highest BCUT2D eigenvalue weighted by atomic mass is 32.2. The lowest BCUT2D eigenvalue weighted by molar-refractivity contribution is -0.120. The Bertz CT molecular complexity index is 1100. The van der Waals surface area contributed by atoms with Gasteiger partial charge in [-0.3, -0.25) is 4.79 Å². The summed E-state index contributed by atoms with van der Waals surface area (Å²) in [5.74, 6) is -1.41. The molecule has 1 atom stereocenters. The smallest absolute Gasteiger partial charge is 0.243 e. The third kappa shape index (κ3) is 5.01. The van der Waals surface area contributed by atoms with Crippen LogP contribution in [-0.2, 0) is 24.7 Å². The lowest BCUT2D eigenvalue weighted by atomic mass is 9.99. The molecule has 1 N–H and O–H groups in total. The van der Waals surface area contributed by atoms with Crippen molar-refractivity contribution in [3.05, 3.63) is 54.3 Å². The molecule has 2 aromatic carbocycles. The zero-order chi connectivity index (χ0) is 21.2. The maximum absolute atomic E-state index is 13.1. The quantitative estimate of drug-likeness (QED) is 0.769. The lowest BCUT2D eigenvalue weighted by Gasteiger charge is -2.31. The van der Waals surface area contributed by atoms with Gasteiger partial charge in [-0.2, -0.15) is 4.31 Å². The monoisotopic (exact) mass is 440 g/mol. The molecule has 0 aliphatic carbocycles. The summed E-state index contributed by atoms with van der Waals surface area (Å²) in [5, 5.41) is 2.70. The van der Waals surface area contributed by atoms with Crippen molar-refractivity contribution >= 4 is 31.5 Å².